The molecule has 37 heavy (non-hydrogen) atoms. The van der Waals surface area contributed by atoms with E-state index in [9.17, 15) is 24.0 Å². The second-order valence-corrected chi connectivity index (χ2v) is 9.84. The van der Waals surface area contributed by atoms with Crippen molar-refractivity contribution in [1.29, 1.82) is 0 Å². The molecule has 0 radical (unpaired) electrons. The zero-order chi connectivity index (χ0) is 26.1. The Morgan fingerprint density at radius 3 is 2.35 bits per heavy atom. The number of aromatic nitrogens is 2. The summed E-state index contributed by atoms with van der Waals surface area (Å²) < 4.78 is 6.73. The van der Waals surface area contributed by atoms with E-state index in [0.29, 0.717) is 28.9 Å². The summed E-state index contributed by atoms with van der Waals surface area (Å²) in [5, 5.41) is 0.266. The summed E-state index contributed by atoms with van der Waals surface area (Å²) in [6, 6.07) is 16.0. The summed E-state index contributed by atoms with van der Waals surface area (Å²) in [5.74, 6) is -1.05. The minimum atomic E-state index is -0.570. The van der Waals surface area contributed by atoms with Gasteiger partial charge in [0.25, 0.3) is 17.4 Å². The molecule has 1 N–H and O–H groups in total. The van der Waals surface area contributed by atoms with Crippen LogP contribution in [0.2, 0.25) is 0 Å². The van der Waals surface area contributed by atoms with Gasteiger partial charge in [-0.15, -0.1) is 11.3 Å². The van der Waals surface area contributed by atoms with Crippen molar-refractivity contribution in [2.45, 2.75) is 25.9 Å². The molecule has 5 rings (SSSR count). The molecule has 1 aliphatic rings. The number of hydrogen-bond donors (Lipinski definition) is 1. The summed E-state index contributed by atoms with van der Waals surface area (Å²) in [5.41, 5.74) is 1.71. The SMILES string of the molecule is Cn1c(=O)[nH]c(=O)c2cc(C(=O)OCc3cccc(CCCCN4C(=O)c5ccccc5C4=O)c3)sc21. The van der Waals surface area contributed by atoms with Gasteiger partial charge in [0.1, 0.15) is 16.3 Å². The van der Waals surface area contributed by atoms with Crippen molar-refractivity contribution in [2.24, 2.45) is 7.05 Å². The number of fused-ring (bicyclic) bond motifs is 2. The van der Waals surface area contributed by atoms with Crippen LogP contribution >= 0.6 is 11.3 Å². The number of carbonyl (C=O) groups is 3. The molecule has 0 saturated carbocycles. The molecule has 3 heterocycles. The highest BCUT2D eigenvalue weighted by molar-refractivity contribution is 7.20. The maximum Gasteiger partial charge on any atom is 0.348 e. The van der Waals surface area contributed by atoms with Crippen molar-refractivity contribution in [3.63, 3.8) is 0 Å². The van der Waals surface area contributed by atoms with E-state index in [0.717, 1.165) is 35.3 Å². The third kappa shape index (κ3) is 4.75. The van der Waals surface area contributed by atoms with E-state index in [1.54, 1.807) is 24.3 Å². The van der Waals surface area contributed by atoms with Crippen LogP contribution in [0.25, 0.3) is 10.2 Å². The predicted octanol–water partition coefficient (Wildman–Crippen LogP) is 3.26. The number of imide groups is 1. The van der Waals surface area contributed by atoms with Gasteiger partial charge in [-0.05, 0) is 48.6 Å². The summed E-state index contributed by atoms with van der Waals surface area (Å²) in [7, 11) is 1.53. The molecule has 188 valence electrons. The zero-order valence-electron chi connectivity index (χ0n) is 20.0. The molecule has 2 aromatic heterocycles. The second-order valence-electron chi connectivity index (χ2n) is 8.81. The number of aromatic amines is 1. The van der Waals surface area contributed by atoms with Gasteiger partial charge < -0.3 is 4.74 Å². The summed E-state index contributed by atoms with van der Waals surface area (Å²) in [6.07, 6.45) is 2.21. The first-order chi connectivity index (χ1) is 17.8. The Hall–Kier alpha value is -4.31. The van der Waals surface area contributed by atoms with Crippen LogP contribution in [0, 0.1) is 0 Å². The van der Waals surface area contributed by atoms with E-state index in [1.807, 2.05) is 24.3 Å². The largest absolute Gasteiger partial charge is 0.457 e. The van der Waals surface area contributed by atoms with Gasteiger partial charge in [0.15, 0.2) is 0 Å². The van der Waals surface area contributed by atoms with E-state index >= 15 is 0 Å². The molecular weight excluding hydrogens is 494 g/mol. The van der Waals surface area contributed by atoms with Crippen LogP contribution in [-0.2, 0) is 24.8 Å². The van der Waals surface area contributed by atoms with Gasteiger partial charge in [-0.2, -0.15) is 0 Å². The molecule has 2 aromatic carbocycles. The van der Waals surface area contributed by atoms with Gasteiger partial charge in [-0.1, -0.05) is 36.4 Å². The molecule has 2 amide bonds. The molecule has 10 heteroatoms. The number of amides is 2. The molecule has 0 bridgehead atoms. The van der Waals surface area contributed by atoms with Gasteiger partial charge >= 0.3 is 11.7 Å². The Bertz CT molecular complexity index is 1630. The van der Waals surface area contributed by atoms with Gasteiger partial charge in [-0.3, -0.25) is 28.8 Å². The second kappa shape index (κ2) is 9.98. The van der Waals surface area contributed by atoms with Crippen molar-refractivity contribution < 1.29 is 19.1 Å². The number of esters is 1. The van der Waals surface area contributed by atoms with Crippen LogP contribution in [0.5, 0.6) is 0 Å². The minimum absolute atomic E-state index is 0.0608. The number of ether oxygens (including phenoxy) is 1. The van der Waals surface area contributed by atoms with Gasteiger partial charge in [0.2, 0.25) is 0 Å². The van der Waals surface area contributed by atoms with E-state index in [-0.39, 0.29) is 28.7 Å². The van der Waals surface area contributed by atoms with Crippen molar-refractivity contribution in [1.82, 2.24) is 14.5 Å². The standard InChI is InChI=1S/C27H23N3O6S/c1-29-25-20(22(31)28-27(29)35)14-21(37-25)26(34)36-15-17-9-6-8-16(13-17)7-4-5-12-30-23(32)18-10-2-3-11-19(18)24(30)33/h2-3,6,8-11,13-14H,4-5,7,12,15H2,1H3,(H,28,31,35). The maximum atomic E-state index is 12.6. The summed E-state index contributed by atoms with van der Waals surface area (Å²) in [4.78, 5) is 65.5. The van der Waals surface area contributed by atoms with E-state index in [2.05, 4.69) is 4.98 Å². The number of H-pyrrole nitrogens is 1. The topological polar surface area (TPSA) is 119 Å². The van der Waals surface area contributed by atoms with E-state index in [4.69, 9.17) is 4.74 Å². The van der Waals surface area contributed by atoms with Gasteiger partial charge in [0.05, 0.1) is 16.5 Å². The number of hydrogen-bond acceptors (Lipinski definition) is 7. The molecule has 0 aliphatic carbocycles. The van der Waals surface area contributed by atoms with Gasteiger partial charge in [0, 0.05) is 13.6 Å². The third-order valence-corrected chi connectivity index (χ3v) is 7.52. The number of carbonyl (C=O) groups excluding carboxylic acids is 3. The number of rotatable bonds is 8. The Morgan fingerprint density at radius 2 is 1.62 bits per heavy atom. The molecule has 0 fully saturated rings. The molecule has 9 nitrogen and oxygen atoms in total. The normalized spacial score (nSPS) is 12.8. The first kappa shape index (κ1) is 24.4. The average Bonchev–Trinajstić information content (AvgIpc) is 3.45. The lowest BCUT2D eigenvalue weighted by molar-refractivity contribution is 0.0477. The number of unbranched alkanes of at least 4 members (excludes halogenated alkanes) is 1. The van der Waals surface area contributed by atoms with Crippen LogP contribution in [0.3, 0.4) is 0 Å². The van der Waals surface area contributed by atoms with Crippen LogP contribution in [0.1, 0.15) is 54.4 Å². The minimum Gasteiger partial charge on any atom is -0.457 e. The molecule has 0 atom stereocenters. The number of nitrogens with zero attached hydrogens (tertiary/aromatic N) is 2. The maximum absolute atomic E-state index is 12.6. The summed E-state index contributed by atoms with van der Waals surface area (Å²) in [6.45, 7) is 0.429. The van der Waals surface area contributed by atoms with Crippen LogP contribution in [0.4, 0.5) is 0 Å². The lowest BCUT2D eigenvalue weighted by Gasteiger charge is -2.13. The number of nitrogens with one attached hydrogen (secondary N) is 1. The third-order valence-electron chi connectivity index (χ3n) is 6.32. The lowest BCUT2D eigenvalue weighted by atomic mass is 10.1. The van der Waals surface area contributed by atoms with Gasteiger partial charge in [-0.25, -0.2) is 9.59 Å². The summed E-state index contributed by atoms with van der Waals surface area (Å²) >= 11 is 1.04. The fourth-order valence-corrected chi connectivity index (χ4v) is 5.38. The molecule has 0 spiro atoms. The molecule has 0 unspecified atom stereocenters. The predicted molar refractivity (Wildman–Crippen MR) is 138 cm³/mol. The van der Waals surface area contributed by atoms with Crippen molar-refractivity contribution >= 4 is 39.3 Å². The molecular formula is C27H23N3O6S. The Kier molecular flexibility index (Phi) is 6.58. The zero-order valence-corrected chi connectivity index (χ0v) is 20.8. The highest BCUT2D eigenvalue weighted by Crippen LogP contribution is 2.24. The molecule has 4 aromatic rings. The first-order valence-corrected chi connectivity index (χ1v) is 12.6. The number of aryl methyl sites for hydroxylation is 2. The fraction of sp³-hybridized carbons (Fsp3) is 0.222. The Balaban J connectivity index is 1.15. The average molecular weight is 518 g/mol. The quantitative estimate of drug-likeness (QED) is 0.218. The first-order valence-electron chi connectivity index (χ1n) is 11.8. The lowest BCUT2D eigenvalue weighted by Crippen LogP contribution is -2.30. The highest BCUT2D eigenvalue weighted by atomic mass is 32.1. The van der Waals surface area contributed by atoms with Crippen molar-refractivity contribution in [3.8, 4) is 0 Å². The van der Waals surface area contributed by atoms with E-state index in [1.165, 1.54) is 22.6 Å². The van der Waals surface area contributed by atoms with Crippen LogP contribution in [0.15, 0.2) is 64.2 Å². The smallest absolute Gasteiger partial charge is 0.348 e. The monoisotopic (exact) mass is 517 g/mol. The molecule has 0 saturated heterocycles. The Labute approximate surface area is 214 Å². The van der Waals surface area contributed by atoms with Crippen LogP contribution < -0.4 is 11.2 Å². The Morgan fingerprint density at radius 1 is 0.919 bits per heavy atom. The van der Waals surface area contributed by atoms with E-state index < -0.39 is 17.2 Å². The highest BCUT2D eigenvalue weighted by Gasteiger charge is 2.34. The van der Waals surface area contributed by atoms with Crippen molar-refractivity contribution in [2.75, 3.05) is 6.54 Å². The fourth-order valence-electron chi connectivity index (χ4n) is 4.37. The molecule has 1 aliphatic heterocycles. The number of thiophene rings is 1. The van der Waals surface area contributed by atoms with Crippen molar-refractivity contribution in [3.05, 3.63) is 103 Å². The number of benzene rings is 2. The van der Waals surface area contributed by atoms with Crippen LogP contribution in [-0.4, -0.2) is 38.8 Å².